The van der Waals surface area contributed by atoms with Crippen molar-refractivity contribution in [2.75, 3.05) is 6.54 Å². The third kappa shape index (κ3) is 1.93. The summed E-state index contributed by atoms with van der Waals surface area (Å²) in [7, 11) is 0. The maximum Gasteiger partial charge on any atom is 0.254 e. The molecule has 0 radical (unpaired) electrons. The molecular formula is C7H9N3O. The minimum absolute atomic E-state index is 0.140. The van der Waals surface area contributed by atoms with Gasteiger partial charge in [0.1, 0.15) is 0 Å². The zero-order valence-electron chi connectivity index (χ0n) is 6.00. The minimum atomic E-state index is -0.140. The number of carbonyl (C=O) groups is 1. The Kier molecular flexibility index (Phi) is 2.43. The standard InChI is InChI=1S/C7H9N3O/c1-2-3-8-7(11)6-4-9-10-5-6/h2,4-5H,1,3H2,(H,8,11)(H,9,10). The SMILES string of the molecule is C=CCNC(=O)c1cn[nH]c1. The lowest BCUT2D eigenvalue weighted by atomic mass is 10.3. The van der Waals surface area contributed by atoms with E-state index in [1.807, 2.05) is 0 Å². The third-order valence-electron chi connectivity index (χ3n) is 1.17. The molecule has 0 atom stereocenters. The lowest BCUT2D eigenvalue weighted by Crippen LogP contribution is -2.22. The van der Waals surface area contributed by atoms with Gasteiger partial charge >= 0.3 is 0 Å². The summed E-state index contributed by atoms with van der Waals surface area (Å²) in [4.78, 5) is 11.0. The number of amides is 1. The van der Waals surface area contributed by atoms with Crippen LogP contribution in [-0.4, -0.2) is 22.6 Å². The van der Waals surface area contributed by atoms with E-state index in [4.69, 9.17) is 0 Å². The Hall–Kier alpha value is -1.58. The van der Waals surface area contributed by atoms with Gasteiger partial charge in [-0.3, -0.25) is 9.89 Å². The zero-order chi connectivity index (χ0) is 8.10. The number of hydrogen-bond donors (Lipinski definition) is 2. The Bertz CT molecular complexity index is 240. The highest BCUT2D eigenvalue weighted by molar-refractivity contribution is 5.93. The van der Waals surface area contributed by atoms with Crippen LogP contribution in [0.3, 0.4) is 0 Å². The maximum absolute atomic E-state index is 11.0. The molecule has 0 bridgehead atoms. The van der Waals surface area contributed by atoms with Gasteiger partial charge in [-0.15, -0.1) is 6.58 Å². The fraction of sp³-hybridized carbons (Fsp3) is 0.143. The Morgan fingerprint density at radius 3 is 3.27 bits per heavy atom. The van der Waals surface area contributed by atoms with Crippen molar-refractivity contribution in [1.82, 2.24) is 15.5 Å². The summed E-state index contributed by atoms with van der Waals surface area (Å²) in [5.41, 5.74) is 0.534. The van der Waals surface area contributed by atoms with Crippen molar-refractivity contribution in [3.05, 3.63) is 30.6 Å². The number of H-pyrrole nitrogens is 1. The number of carbonyl (C=O) groups excluding carboxylic acids is 1. The Balaban J connectivity index is 2.49. The van der Waals surface area contributed by atoms with E-state index in [9.17, 15) is 4.79 Å². The van der Waals surface area contributed by atoms with Crippen molar-refractivity contribution >= 4 is 5.91 Å². The highest BCUT2D eigenvalue weighted by Gasteiger charge is 2.02. The fourth-order valence-electron chi connectivity index (χ4n) is 0.642. The van der Waals surface area contributed by atoms with Gasteiger partial charge in [0, 0.05) is 12.7 Å². The second kappa shape index (κ2) is 3.55. The van der Waals surface area contributed by atoms with Crippen molar-refractivity contribution in [2.45, 2.75) is 0 Å². The Morgan fingerprint density at radius 1 is 1.91 bits per heavy atom. The quantitative estimate of drug-likeness (QED) is 0.611. The molecule has 1 heterocycles. The first kappa shape index (κ1) is 7.53. The van der Waals surface area contributed by atoms with Gasteiger partial charge in [-0.2, -0.15) is 5.10 Å². The first-order chi connectivity index (χ1) is 5.34. The van der Waals surface area contributed by atoms with E-state index in [0.717, 1.165) is 0 Å². The molecule has 0 saturated carbocycles. The fourth-order valence-corrected chi connectivity index (χ4v) is 0.642. The van der Waals surface area contributed by atoms with Crippen molar-refractivity contribution in [1.29, 1.82) is 0 Å². The number of nitrogens with zero attached hydrogens (tertiary/aromatic N) is 1. The Morgan fingerprint density at radius 2 is 2.73 bits per heavy atom. The van der Waals surface area contributed by atoms with E-state index in [1.165, 1.54) is 6.20 Å². The van der Waals surface area contributed by atoms with Gasteiger partial charge in [0.15, 0.2) is 0 Å². The monoisotopic (exact) mass is 151 g/mol. The van der Waals surface area contributed by atoms with Crippen molar-refractivity contribution in [2.24, 2.45) is 0 Å². The molecule has 1 aromatic rings. The molecule has 0 aliphatic carbocycles. The molecule has 1 rings (SSSR count). The third-order valence-corrected chi connectivity index (χ3v) is 1.17. The maximum atomic E-state index is 11.0. The lowest BCUT2D eigenvalue weighted by Gasteiger charge is -1.96. The molecule has 11 heavy (non-hydrogen) atoms. The molecule has 0 aliphatic heterocycles. The van der Waals surface area contributed by atoms with E-state index in [2.05, 4.69) is 22.1 Å². The molecular weight excluding hydrogens is 142 g/mol. The molecule has 0 spiro atoms. The van der Waals surface area contributed by atoms with Crippen LogP contribution in [0.5, 0.6) is 0 Å². The summed E-state index contributed by atoms with van der Waals surface area (Å²) in [5.74, 6) is -0.140. The van der Waals surface area contributed by atoms with Gasteiger partial charge in [-0.05, 0) is 0 Å². The first-order valence-corrected chi connectivity index (χ1v) is 3.22. The van der Waals surface area contributed by atoms with Crippen LogP contribution in [0.15, 0.2) is 25.0 Å². The smallest absolute Gasteiger partial charge is 0.254 e. The number of rotatable bonds is 3. The second-order valence-electron chi connectivity index (χ2n) is 1.99. The lowest BCUT2D eigenvalue weighted by molar-refractivity contribution is 0.0958. The molecule has 0 unspecified atom stereocenters. The molecule has 0 aromatic carbocycles. The largest absolute Gasteiger partial charge is 0.348 e. The molecule has 0 aliphatic rings. The summed E-state index contributed by atoms with van der Waals surface area (Å²) in [6.07, 6.45) is 4.63. The summed E-state index contributed by atoms with van der Waals surface area (Å²) >= 11 is 0. The highest BCUT2D eigenvalue weighted by Crippen LogP contribution is 1.91. The molecule has 1 amide bonds. The topological polar surface area (TPSA) is 57.8 Å². The number of nitrogens with one attached hydrogen (secondary N) is 2. The molecule has 58 valence electrons. The normalized spacial score (nSPS) is 9.09. The van der Waals surface area contributed by atoms with Gasteiger partial charge in [0.05, 0.1) is 11.8 Å². The molecule has 1 aromatic heterocycles. The van der Waals surface area contributed by atoms with Crippen LogP contribution >= 0.6 is 0 Å². The second-order valence-corrected chi connectivity index (χ2v) is 1.99. The van der Waals surface area contributed by atoms with E-state index in [0.29, 0.717) is 12.1 Å². The van der Waals surface area contributed by atoms with Crippen LogP contribution in [0, 0.1) is 0 Å². The van der Waals surface area contributed by atoms with E-state index >= 15 is 0 Å². The van der Waals surface area contributed by atoms with Gasteiger partial charge in [0.25, 0.3) is 5.91 Å². The zero-order valence-corrected chi connectivity index (χ0v) is 6.00. The molecule has 4 nitrogen and oxygen atoms in total. The van der Waals surface area contributed by atoms with Crippen LogP contribution in [0.25, 0.3) is 0 Å². The van der Waals surface area contributed by atoms with Crippen LogP contribution in [0.4, 0.5) is 0 Å². The average Bonchev–Trinajstić information content (AvgIpc) is 2.52. The number of aromatic amines is 1. The summed E-state index contributed by atoms with van der Waals surface area (Å²) in [5, 5.41) is 8.81. The molecule has 0 fully saturated rings. The van der Waals surface area contributed by atoms with E-state index in [-0.39, 0.29) is 5.91 Å². The van der Waals surface area contributed by atoms with Crippen molar-refractivity contribution in [3.63, 3.8) is 0 Å². The highest BCUT2D eigenvalue weighted by atomic mass is 16.1. The molecule has 4 heteroatoms. The average molecular weight is 151 g/mol. The summed E-state index contributed by atoms with van der Waals surface area (Å²) < 4.78 is 0. The van der Waals surface area contributed by atoms with Gasteiger partial charge < -0.3 is 5.32 Å². The predicted molar refractivity (Wildman–Crippen MR) is 41.1 cm³/mol. The van der Waals surface area contributed by atoms with Crippen LogP contribution in [0.2, 0.25) is 0 Å². The van der Waals surface area contributed by atoms with E-state index in [1.54, 1.807) is 12.3 Å². The first-order valence-electron chi connectivity index (χ1n) is 3.22. The van der Waals surface area contributed by atoms with Crippen molar-refractivity contribution < 1.29 is 4.79 Å². The van der Waals surface area contributed by atoms with Crippen molar-refractivity contribution in [3.8, 4) is 0 Å². The Labute approximate surface area is 64.3 Å². The molecule has 0 saturated heterocycles. The minimum Gasteiger partial charge on any atom is -0.348 e. The van der Waals surface area contributed by atoms with Crippen LogP contribution in [0.1, 0.15) is 10.4 Å². The van der Waals surface area contributed by atoms with Crippen LogP contribution < -0.4 is 5.32 Å². The number of hydrogen-bond acceptors (Lipinski definition) is 2. The van der Waals surface area contributed by atoms with Gasteiger partial charge in [-0.25, -0.2) is 0 Å². The van der Waals surface area contributed by atoms with Crippen LogP contribution in [-0.2, 0) is 0 Å². The predicted octanol–water partition coefficient (Wildman–Crippen LogP) is 0.325. The summed E-state index contributed by atoms with van der Waals surface area (Å²) in [6, 6.07) is 0. The van der Waals surface area contributed by atoms with Gasteiger partial charge in [0.2, 0.25) is 0 Å². The summed E-state index contributed by atoms with van der Waals surface area (Å²) in [6.45, 7) is 3.95. The van der Waals surface area contributed by atoms with E-state index < -0.39 is 0 Å². The number of aromatic nitrogens is 2. The van der Waals surface area contributed by atoms with Gasteiger partial charge in [-0.1, -0.05) is 6.08 Å². The molecule has 2 N–H and O–H groups in total.